The summed E-state index contributed by atoms with van der Waals surface area (Å²) in [7, 11) is 0. The first kappa shape index (κ1) is 28.7. The molecule has 14 heteroatoms. The van der Waals surface area contributed by atoms with Gasteiger partial charge in [-0.25, -0.2) is 0 Å². The molecule has 10 nitrogen and oxygen atoms in total. The molecule has 2 N–H and O–H groups in total. The Morgan fingerprint density at radius 1 is 1.29 bits per heavy atom. The van der Waals surface area contributed by atoms with Crippen molar-refractivity contribution in [1.29, 1.82) is 0 Å². The number of benzene rings is 1. The number of aromatic nitrogens is 4. The van der Waals surface area contributed by atoms with Crippen molar-refractivity contribution in [2.24, 2.45) is 5.41 Å². The zero-order valence-electron chi connectivity index (χ0n) is 23.1. The maximum absolute atomic E-state index is 14.0. The lowest BCUT2D eigenvalue weighted by molar-refractivity contribution is -0.137. The van der Waals surface area contributed by atoms with Crippen LogP contribution < -0.4 is 21.1 Å². The number of nitrogens with zero attached hydrogens (tertiary/aromatic N) is 5. The Kier molecular flexibility index (Phi) is 7.52. The summed E-state index contributed by atoms with van der Waals surface area (Å²) in [6.45, 7) is 5.84. The minimum atomic E-state index is -4.56. The lowest BCUT2D eigenvalue weighted by Gasteiger charge is -2.26. The average Bonchev–Trinajstić information content (AvgIpc) is 3.72. The Bertz CT molecular complexity index is 1630. The Morgan fingerprint density at radius 3 is 2.79 bits per heavy atom. The maximum atomic E-state index is 14.0. The molecule has 5 heterocycles. The fraction of sp³-hybridized carbons (Fsp3) is 0.500. The van der Waals surface area contributed by atoms with Crippen LogP contribution in [0.3, 0.4) is 0 Å². The van der Waals surface area contributed by atoms with Crippen LogP contribution in [0.5, 0.6) is 0 Å². The third kappa shape index (κ3) is 5.29. The highest BCUT2D eigenvalue weighted by molar-refractivity contribution is 6.33. The van der Waals surface area contributed by atoms with Gasteiger partial charge in [0.2, 0.25) is 11.7 Å². The summed E-state index contributed by atoms with van der Waals surface area (Å²) < 4.78 is 47.7. The number of anilines is 2. The highest BCUT2D eigenvalue weighted by Crippen LogP contribution is 2.39. The molecule has 1 amide bonds. The minimum Gasteiger partial charge on any atom is -0.377 e. The fourth-order valence-electron chi connectivity index (χ4n) is 6.19. The molecule has 2 saturated heterocycles. The van der Waals surface area contributed by atoms with Crippen LogP contribution in [0.1, 0.15) is 43.3 Å². The number of amides is 1. The van der Waals surface area contributed by atoms with E-state index < -0.39 is 17.6 Å². The highest BCUT2D eigenvalue weighted by atomic mass is 35.5. The van der Waals surface area contributed by atoms with E-state index in [0.717, 1.165) is 49.7 Å². The van der Waals surface area contributed by atoms with Crippen molar-refractivity contribution >= 4 is 40.2 Å². The summed E-state index contributed by atoms with van der Waals surface area (Å²) in [4.78, 5) is 34.2. The van der Waals surface area contributed by atoms with Crippen molar-refractivity contribution in [3.8, 4) is 0 Å². The molecular formula is C28H31ClF3N7O3. The quantitative estimate of drug-likeness (QED) is 0.441. The van der Waals surface area contributed by atoms with E-state index in [1.54, 1.807) is 4.57 Å². The van der Waals surface area contributed by atoms with Crippen LogP contribution in [0.4, 0.5) is 24.5 Å². The van der Waals surface area contributed by atoms with Crippen LogP contribution in [-0.2, 0) is 28.7 Å². The number of hydrogen-bond acceptors (Lipinski definition) is 7. The van der Waals surface area contributed by atoms with Crippen LogP contribution in [0.15, 0.2) is 29.1 Å². The largest absolute Gasteiger partial charge is 0.416 e. The molecule has 42 heavy (non-hydrogen) atoms. The molecule has 1 spiro atoms. The van der Waals surface area contributed by atoms with Crippen molar-refractivity contribution in [2.45, 2.75) is 45.3 Å². The van der Waals surface area contributed by atoms with Crippen LogP contribution in [0.25, 0.3) is 11.4 Å². The van der Waals surface area contributed by atoms with Gasteiger partial charge in [0.05, 0.1) is 35.2 Å². The van der Waals surface area contributed by atoms with Gasteiger partial charge in [0.15, 0.2) is 5.82 Å². The van der Waals surface area contributed by atoms with E-state index in [9.17, 15) is 22.8 Å². The lowest BCUT2D eigenvalue weighted by atomic mass is 9.86. The summed E-state index contributed by atoms with van der Waals surface area (Å²) in [5.74, 6) is 0.0797. The van der Waals surface area contributed by atoms with E-state index in [-0.39, 0.29) is 34.0 Å². The SMILES string of the molecule is CCc1c(N2CCC3(CCNC3)C2)c(=O)n2nc(C3=CCOCC3)nc2n1CC(=O)Nc1ccc(C(F)(F)F)cc1Cl. The molecule has 0 radical (unpaired) electrons. The number of rotatable bonds is 6. The molecule has 2 fully saturated rings. The van der Waals surface area contributed by atoms with Crippen LogP contribution in [-0.4, -0.2) is 64.5 Å². The highest BCUT2D eigenvalue weighted by Gasteiger charge is 2.42. The minimum absolute atomic E-state index is 0.0507. The monoisotopic (exact) mass is 605 g/mol. The Balaban J connectivity index is 1.41. The van der Waals surface area contributed by atoms with Crippen molar-refractivity contribution in [1.82, 2.24) is 24.5 Å². The molecular weight excluding hydrogens is 575 g/mol. The Hall–Kier alpha value is -3.42. The molecule has 0 aliphatic carbocycles. The summed E-state index contributed by atoms with van der Waals surface area (Å²) in [5.41, 5.74) is 0.927. The van der Waals surface area contributed by atoms with E-state index in [2.05, 4.69) is 20.6 Å². The number of hydrogen-bond donors (Lipinski definition) is 2. The van der Waals surface area contributed by atoms with E-state index >= 15 is 0 Å². The Labute approximate surface area is 244 Å². The fourth-order valence-corrected chi connectivity index (χ4v) is 6.42. The van der Waals surface area contributed by atoms with Crippen LogP contribution >= 0.6 is 11.6 Å². The number of carbonyl (C=O) groups is 1. The second-order valence-electron chi connectivity index (χ2n) is 11.1. The van der Waals surface area contributed by atoms with Gasteiger partial charge in [0, 0.05) is 25.0 Å². The number of alkyl halides is 3. The summed E-state index contributed by atoms with van der Waals surface area (Å²) in [6.07, 6.45) is 0.326. The normalized spacial score (nSPS) is 21.0. The average molecular weight is 606 g/mol. The van der Waals surface area contributed by atoms with Gasteiger partial charge >= 0.3 is 6.18 Å². The Morgan fingerprint density at radius 2 is 2.12 bits per heavy atom. The molecule has 1 aromatic carbocycles. The van der Waals surface area contributed by atoms with Gasteiger partial charge < -0.3 is 24.8 Å². The number of nitrogens with one attached hydrogen (secondary N) is 2. The molecule has 0 saturated carbocycles. The maximum Gasteiger partial charge on any atom is 0.416 e. The van der Waals surface area contributed by atoms with Gasteiger partial charge in [0.25, 0.3) is 5.56 Å². The zero-order chi connectivity index (χ0) is 29.6. The number of fused-ring (bicyclic) bond motifs is 1. The van der Waals surface area contributed by atoms with Gasteiger partial charge in [-0.3, -0.25) is 9.59 Å². The molecule has 0 bridgehead atoms. The second kappa shape index (κ2) is 11.0. The van der Waals surface area contributed by atoms with E-state index in [4.69, 9.17) is 21.3 Å². The van der Waals surface area contributed by atoms with E-state index in [0.29, 0.717) is 56.4 Å². The lowest BCUT2D eigenvalue weighted by Crippen LogP contribution is -2.36. The summed E-state index contributed by atoms with van der Waals surface area (Å²) in [6, 6.07) is 2.77. The topological polar surface area (TPSA) is 106 Å². The smallest absolute Gasteiger partial charge is 0.377 e. The first-order valence-electron chi connectivity index (χ1n) is 14.0. The van der Waals surface area contributed by atoms with E-state index in [1.807, 2.05) is 13.0 Å². The predicted octanol–water partition coefficient (Wildman–Crippen LogP) is 3.76. The molecule has 3 aliphatic heterocycles. The molecule has 3 aliphatic rings. The molecule has 1 atom stereocenters. The molecule has 3 aromatic rings. The molecule has 224 valence electrons. The van der Waals surface area contributed by atoms with Gasteiger partial charge in [-0.2, -0.15) is 22.7 Å². The first-order valence-corrected chi connectivity index (χ1v) is 14.4. The van der Waals surface area contributed by atoms with Crippen molar-refractivity contribution in [2.75, 3.05) is 49.6 Å². The van der Waals surface area contributed by atoms with Crippen LogP contribution in [0, 0.1) is 5.41 Å². The van der Waals surface area contributed by atoms with Gasteiger partial charge in [-0.1, -0.05) is 24.6 Å². The van der Waals surface area contributed by atoms with Crippen molar-refractivity contribution in [3.63, 3.8) is 0 Å². The predicted molar refractivity (Wildman–Crippen MR) is 152 cm³/mol. The zero-order valence-corrected chi connectivity index (χ0v) is 23.8. The summed E-state index contributed by atoms with van der Waals surface area (Å²) in [5, 5.41) is 10.4. The third-order valence-corrected chi connectivity index (χ3v) is 8.68. The van der Waals surface area contributed by atoms with Gasteiger partial charge in [-0.05, 0) is 56.0 Å². The van der Waals surface area contributed by atoms with Crippen LogP contribution in [0.2, 0.25) is 5.02 Å². The molecule has 6 rings (SSSR count). The molecule has 2 aromatic heterocycles. The number of ether oxygens (including phenoxy) is 1. The third-order valence-electron chi connectivity index (χ3n) is 8.37. The van der Waals surface area contributed by atoms with E-state index in [1.165, 1.54) is 4.52 Å². The summed E-state index contributed by atoms with van der Waals surface area (Å²) >= 11 is 6.10. The van der Waals surface area contributed by atoms with Gasteiger partial charge in [0.1, 0.15) is 12.2 Å². The van der Waals surface area contributed by atoms with Gasteiger partial charge in [-0.15, -0.1) is 5.10 Å². The van der Waals surface area contributed by atoms with Crippen molar-refractivity contribution in [3.05, 3.63) is 56.7 Å². The number of halogens is 4. The number of carbonyl (C=O) groups excluding carboxylic acids is 1. The molecule has 1 unspecified atom stereocenters. The van der Waals surface area contributed by atoms with Crippen molar-refractivity contribution < 1.29 is 22.7 Å². The second-order valence-corrected chi connectivity index (χ2v) is 11.5. The standard InChI is InChI=1S/C28H31ClF3N7O3/c1-2-21-23(37-10-8-27(16-37)7-9-33-15-27)25(41)39-26(35-24(36-39)17-5-11-42-12-6-17)38(21)14-22(40)34-20-4-3-18(13-19(20)29)28(30,31)32/h3-5,13,33H,2,6-12,14-16H2,1H3,(H,34,40). The first-order chi connectivity index (χ1) is 20.1.